The molecule has 3 heterocycles. The number of carbonyl (C=O) groups excluding carboxylic acids is 1. The zero-order valence-electron chi connectivity index (χ0n) is 16.9. The van der Waals surface area contributed by atoms with Crippen LogP contribution in [0.4, 0.5) is 0 Å². The number of thioether (sulfide) groups is 1. The molecule has 2 aromatic rings. The van der Waals surface area contributed by atoms with E-state index in [1.165, 1.54) is 0 Å². The molecule has 156 valence electrons. The number of piperidine rings is 1. The van der Waals surface area contributed by atoms with Crippen molar-refractivity contribution in [1.29, 1.82) is 0 Å². The second kappa shape index (κ2) is 9.04. The highest BCUT2D eigenvalue weighted by atomic mass is 32.2. The lowest BCUT2D eigenvalue weighted by Crippen LogP contribution is -2.42. The summed E-state index contributed by atoms with van der Waals surface area (Å²) < 4.78 is 12.9. The molecule has 0 spiro atoms. The first kappa shape index (κ1) is 20.0. The standard InChI is InChI=1S/C20H27N5O3S/c1-3-25-19(22-23-20(25)29-2)15-5-4-8-24(11-15)12-18(26)21-10-14-6-7-16-17(9-14)28-13-27-16/h6-7,9,15H,3-5,8,10-13H2,1-2H3,(H,21,26)/t15-/m1/s1. The second-order valence-corrected chi connectivity index (χ2v) is 8.10. The van der Waals surface area contributed by atoms with Crippen LogP contribution in [-0.4, -0.2) is 58.3 Å². The minimum Gasteiger partial charge on any atom is -0.454 e. The summed E-state index contributed by atoms with van der Waals surface area (Å²) in [6.07, 6.45) is 4.17. The van der Waals surface area contributed by atoms with Crippen molar-refractivity contribution >= 4 is 17.7 Å². The zero-order valence-corrected chi connectivity index (χ0v) is 17.7. The maximum atomic E-state index is 12.5. The van der Waals surface area contributed by atoms with Crippen LogP contribution in [0.15, 0.2) is 23.4 Å². The Morgan fingerprint density at radius 3 is 3.00 bits per heavy atom. The first-order chi connectivity index (χ1) is 14.2. The lowest BCUT2D eigenvalue weighted by Gasteiger charge is -2.31. The van der Waals surface area contributed by atoms with Gasteiger partial charge in [0.05, 0.1) is 6.54 Å². The molecule has 0 aliphatic carbocycles. The van der Waals surface area contributed by atoms with Crippen molar-refractivity contribution in [3.8, 4) is 11.5 Å². The first-order valence-electron chi connectivity index (χ1n) is 10.0. The van der Waals surface area contributed by atoms with E-state index in [1.54, 1.807) is 11.8 Å². The number of fused-ring (bicyclic) bond motifs is 1. The van der Waals surface area contributed by atoms with Gasteiger partial charge in [0.25, 0.3) is 0 Å². The molecule has 0 unspecified atom stereocenters. The highest BCUT2D eigenvalue weighted by Gasteiger charge is 2.27. The van der Waals surface area contributed by atoms with E-state index in [1.807, 2.05) is 24.5 Å². The van der Waals surface area contributed by atoms with Crippen molar-refractivity contribution in [2.24, 2.45) is 0 Å². The van der Waals surface area contributed by atoms with E-state index in [0.717, 1.165) is 60.5 Å². The fraction of sp³-hybridized carbons (Fsp3) is 0.550. The van der Waals surface area contributed by atoms with Gasteiger partial charge in [-0.05, 0) is 50.3 Å². The first-order valence-corrected chi connectivity index (χ1v) is 11.2. The Morgan fingerprint density at radius 2 is 2.17 bits per heavy atom. The number of nitrogens with one attached hydrogen (secondary N) is 1. The number of carbonyl (C=O) groups is 1. The Bertz CT molecular complexity index is 872. The fourth-order valence-corrected chi connectivity index (χ4v) is 4.54. The third-order valence-corrected chi connectivity index (χ3v) is 6.08. The Kier molecular flexibility index (Phi) is 6.25. The van der Waals surface area contributed by atoms with Crippen LogP contribution in [0.2, 0.25) is 0 Å². The summed E-state index contributed by atoms with van der Waals surface area (Å²) in [6, 6.07) is 5.75. The molecular weight excluding hydrogens is 390 g/mol. The van der Waals surface area contributed by atoms with Gasteiger partial charge in [-0.25, -0.2) is 0 Å². The van der Waals surface area contributed by atoms with Crippen LogP contribution in [0.5, 0.6) is 11.5 Å². The monoisotopic (exact) mass is 417 g/mol. The van der Waals surface area contributed by atoms with Crippen LogP contribution in [0.25, 0.3) is 0 Å². The van der Waals surface area contributed by atoms with Crippen LogP contribution in [-0.2, 0) is 17.9 Å². The molecule has 29 heavy (non-hydrogen) atoms. The largest absolute Gasteiger partial charge is 0.454 e. The molecule has 1 atom stereocenters. The quantitative estimate of drug-likeness (QED) is 0.692. The molecule has 1 amide bonds. The highest BCUT2D eigenvalue weighted by Crippen LogP contribution is 2.32. The maximum Gasteiger partial charge on any atom is 0.234 e. The number of rotatable bonds is 7. The number of amides is 1. The van der Waals surface area contributed by atoms with Crippen molar-refractivity contribution < 1.29 is 14.3 Å². The number of benzene rings is 1. The Labute approximate surface area is 175 Å². The van der Waals surface area contributed by atoms with Gasteiger partial charge in [-0.3, -0.25) is 9.69 Å². The number of hydrogen-bond donors (Lipinski definition) is 1. The minimum atomic E-state index is 0.0325. The summed E-state index contributed by atoms with van der Waals surface area (Å²) in [5, 5.41) is 12.7. The van der Waals surface area contributed by atoms with Gasteiger partial charge in [0.1, 0.15) is 5.82 Å². The van der Waals surface area contributed by atoms with Gasteiger partial charge in [0.15, 0.2) is 16.7 Å². The summed E-state index contributed by atoms with van der Waals surface area (Å²) in [5.41, 5.74) is 1.000. The van der Waals surface area contributed by atoms with E-state index >= 15 is 0 Å². The van der Waals surface area contributed by atoms with Gasteiger partial charge in [-0.1, -0.05) is 17.8 Å². The van der Waals surface area contributed by atoms with E-state index in [-0.39, 0.29) is 12.7 Å². The molecule has 1 aromatic carbocycles. The molecule has 9 heteroatoms. The third kappa shape index (κ3) is 4.51. The molecule has 4 rings (SSSR count). The van der Waals surface area contributed by atoms with E-state index in [2.05, 4.69) is 31.9 Å². The van der Waals surface area contributed by atoms with Crippen LogP contribution in [0.1, 0.15) is 37.1 Å². The maximum absolute atomic E-state index is 12.5. The average molecular weight is 418 g/mol. The number of ether oxygens (including phenoxy) is 2. The van der Waals surface area contributed by atoms with Crippen molar-refractivity contribution in [3.05, 3.63) is 29.6 Å². The number of aromatic nitrogens is 3. The average Bonchev–Trinajstić information content (AvgIpc) is 3.38. The van der Waals surface area contributed by atoms with E-state index in [0.29, 0.717) is 19.0 Å². The van der Waals surface area contributed by atoms with Gasteiger partial charge in [-0.15, -0.1) is 10.2 Å². The molecule has 2 aliphatic rings. The van der Waals surface area contributed by atoms with Gasteiger partial charge < -0.3 is 19.4 Å². The Morgan fingerprint density at radius 1 is 1.31 bits per heavy atom. The predicted molar refractivity (Wildman–Crippen MR) is 110 cm³/mol. The lowest BCUT2D eigenvalue weighted by molar-refractivity contribution is -0.122. The predicted octanol–water partition coefficient (Wildman–Crippen LogP) is 2.24. The van der Waals surface area contributed by atoms with Gasteiger partial charge in [-0.2, -0.15) is 0 Å². The molecule has 0 bridgehead atoms. The van der Waals surface area contributed by atoms with Crippen molar-refractivity contribution in [2.75, 3.05) is 32.7 Å². The van der Waals surface area contributed by atoms with Crippen molar-refractivity contribution in [3.63, 3.8) is 0 Å². The van der Waals surface area contributed by atoms with Crippen molar-refractivity contribution in [2.45, 2.75) is 43.9 Å². The van der Waals surface area contributed by atoms with Crippen molar-refractivity contribution in [1.82, 2.24) is 25.0 Å². The van der Waals surface area contributed by atoms with Gasteiger partial charge >= 0.3 is 0 Å². The fourth-order valence-electron chi connectivity index (χ4n) is 3.97. The molecule has 1 N–H and O–H groups in total. The summed E-state index contributed by atoms with van der Waals surface area (Å²) in [5.74, 6) is 2.88. The van der Waals surface area contributed by atoms with E-state index < -0.39 is 0 Å². The highest BCUT2D eigenvalue weighted by molar-refractivity contribution is 7.98. The number of nitrogens with zero attached hydrogens (tertiary/aromatic N) is 4. The summed E-state index contributed by atoms with van der Waals surface area (Å²) in [6.45, 7) is 5.89. The molecule has 2 aliphatic heterocycles. The van der Waals surface area contributed by atoms with Crippen LogP contribution >= 0.6 is 11.8 Å². The molecule has 1 fully saturated rings. The Balaban J connectivity index is 1.31. The summed E-state index contributed by atoms with van der Waals surface area (Å²) >= 11 is 1.62. The normalized spacial score (nSPS) is 18.8. The van der Waals surface area contributed by atoms with E-state index in [9.17, 15) is 4.79 Å². The second-order valence-electron chi connectivity index (χ2n) is 7.33. The molecule has 1 aromatic heterocycles. The lowest BCUT2D eigenvalue weighted by atomic mass is 9.97. The minimum absolute atomic E-state index is 0.0325. The third-order valence-electron chi connectivity index (χ3n) is 5.41. The van der Waals surface area contributed by atoms with E-state index in [4.69, 9.17) is 9.47 Å². The molecule has 8 nitrogen and oxygen atoms in total. The SMILES string of the molecule is CCn1c(SC)nnc1[C@@H]1CCCN(CC(=O)NCc2ccc3c(c2)OCO3)C1. The summed E-state index contributed by atoms with van der Waals surface area (Å²) in [7, 11) is 0. The number of likely N-dealkylation sites (tertiary alicyclic amines) is 1. The van der Waals surface area contributed by atoms with Crippen LogP contribution in [0.3, 0.4) is 0 Å². The molecule has 0 radical (unpaired) electrons. The molecular formula is C20H27N5O3S. The molecule has 0 saturated carbocycles. The zero-order chi connectivity index (χ0) is 20.2. The Hall–Kier alpha value is -2.26. The smallest absolute Gasteiger partial charge is 0.234 e. The van der Waals surface area contributed by atoms with Crippen LogP contribution < -0.4 is 14.8 Å². The topological polar surface area (TPSA) is 81.5 Å². The molecule has 1 saturated heterocycles. The van der Waals surface area contributed by atoms with Gasteiger partial charge in [0.2, 0.25) is 12.7 Å². The summed E-state index contributed by atoms with van der Waals surface area (Å²) in [4.78, 5) is 14.7. The van der Waals surface area contributed by atoms with Crippen LogP contribution in [0, 0.1) is 0 Å². The number of hydrogen-bond acceptors (Lipinski definition) is 7. The van der Waals surface area contributed by atoms with Gasteiger partial charge in [0, 0.05) is 25.6 Å².